The van der Waals surface area contributed by atoms with Gasteiger partial charge in [0.05, 0.1) is 24.9 Å². The summed E-state index contributed by atoms with van der Waals surface area (Å²) in [6, 6.07) is 3.63. The summed E-state index contributed by atoms with van der Waals surface area (Å²) in [5.41, 5.74) is 0.0213. The maximum atomic E-state index is 13.1. The van der Waals surface area contributed by atoms with Crippen molar-refractivity contribution in [2.45, 2.75) is 26.6 Å². The summed E-state index contributed by atoms with van der Waals surface area (Å²) in [6.45, 7) is 3.14. The van der Waals surface area contributed by atoms with Crippen molar-refractivity contribution in [1.82, 2.24) is 14.9 Å². The van der Waals surface area contributed by atoms with Crippen LogP contribution in [0.2, 0.25) is 0 Å². The summed E-state index contributed by atoms with van der Waals surface area (Å²) in [7, 11) is 1.17. The summed E-state index contributed by atoms with van der Waals surface area (Å²) in [5, 5.41) is 8.12. The Kier molecular flexibility index (Phi) is 4.02. The molecule has 0 fully saturated rings. The molecule has 0 unspecified atom stereocenters. The highest BCUT2D eigenvalue weighted by atomic mass is 19.4. The Morgan fingerprint density at radius 3 is 2.60 bits per heavy atom. The van der Waals surface area contributed by atoms with Crippen LogP contribution >= 0.6 is 0 Å². The van der Waals surface area contributed by atoms with Crippen molar-refractivity contribution in [3.05, 3.63) is 51.1 Å². The summed E-state index contributed by atoms with van der Waals surface area (Å²) >= 11 is 0. The van der Waals surface area contributed by atoms with Crippen molar-refractivity contribution in [2.24, 2.45) is 0 Å². The average Bonchev–Trinajstić information content (AvgIpc) is 2.94. The lowest BCUT2D eigenvalue weighted by molar-refractivity contribution is -0.138. The molecule has 2 aromatic heterocycles. The maximum Gasteiger partial charge on any atom is 0.419 e. The van der Waals surface area contributed by atoms with Crippen LogP contribution in [-0.2, 0) is 12.7 Å². The molecule has 0 saturated carbocycles. The van der Waals surface area contributed by atoms with Crippen molar-refractivity contribution in [3.8, 4) is 5.75 Å². The highest BCUT2D eigenvalue weighted by molar-refractivity contribution is 5.79. The lowest BCUT2D eigenvalue weighted by Gasteiger charge is -2.14. The number of aromatic nitrogens is 3. The van der Waals surface area contributed by atoms with E-state index in [4.69, 9.17) is 9.26 Å². The Morgan fingerprint density at radius 2 is 1.96 bits per heavy atom. The zero-order valence-electron chi connectivity index (χ0n) is 13.6. The Balaban J connectivity index is 2.09. The van der Waals surface area contributed by atoms with Crippen LogP contribution in [0.15, 0.2) is 27.5 Å². The van der Waals surface area contributed by atoms with E-state index in [1.54, 1.807) is 13.8 Å². The van der Waals surface area contributed by atoms with Gasteiger partial charge in [-0.15, -0.1) is 0 Å². The number of ether oxygens (including phenoxy) is 1. The molecule has 2 heterocycles. The van der Waals surface area contributed by atoms with Crippen molar-refractivity contribution in [1.29, 1.82) is 0 Å². The number of aryl methyl sites for hydroxylation is 2. The normalized spacial score (nSPS) is 11.9. The Hall–Kier alpha value is -2.84. The number of benzene rings is 1. The van der Waals surface area contributed by atoms with Crippen molar-refractivity contribution in [3.63, 3.8) is 0 Å². The third kappa shape index (κ3) is 2.97. The van der Waals surface area contributed by atoms with Crippen molar-refractivity contribution >= 4 is 11.0 Å². The molecule has 0 aliphatic rings. The number of halogens is 3. The quantitative estimate of drug-likeness (QED) is 0.724. The van der Waals surface area contributed by atoms with Gasteiger partial charge in [-0.3, -0.25) is 4.79 Å². The molecule has 0 amide bonds. The van der Waals surface area contributed by atoms with Crippen LogP contribution in [0.4, 0.5) is 13.2 Å². The first-order valence-electron chi connectivity index (χ1n) is 7.30. The van der Waals surface area contributed by atoms with Gasteiger partial charge in [0.1, 0.15) is 16.8 Å². The zero-order chi connectivity index (χ0) is 18.4. The van der Waals surface area contributed by atoms with Crippen LogP contribution in [0.1, 0.15) is 22.5 Å². The van der Waals surface area contributed by atoms with E-state index in [-0.39, 0.29) is 28.8 Å². The molecule has 3 aromatic rings. The van der Waals surface area contributed by atoms with E-state index in [9.17, 15) is 18.0 Å². The SMILES string of the molecule is COc1ccc(Cn2nc(C)c3onc(C)c3c2=O)cc1C(F)(F)F. The van der Waals surface area contributed by atoms with Crippen LogP contribution in [0.25, 0.3) is 11.0 Å². The first kappa shape index (κ1) is 17.0. The van der Waals surface area contributed by atoms with E-state index in [1.165, 1.54) is 19.2 Å². The zero-order valence-corrected chi connectivity index (χ0v) is 13.6. The molecule has 0 aliphatic carbocycles. The molecule has 0 spiro atoms. The second-order valence-corrected chi connectivity index (χ2v) is 5.55. The minimum absolute atomic E-state index is 0.118. The molecule has 3 rings (SSSR count). The fourth-order valence-electron chi connectivity index (χ4n) is 2.62. The molecule has 132 valence electrons. The van der Waals surface area contributed by atoms with Gasteiger partial charge in [0.25, 0.3) is 5.56 Å². The summed E-state index contributed by atoms with van der Waals surface area (Å²) in [6.07, 6.45) is -4.56. The predicted octanol–water partition coefficient (Wildman–Crippen LogP) is 3.08. The topological polar surface area (TPSA) is 70.2 Å². The summed E-state index contributed by atoms with van der Waals surface area (Å²) < 4.78 is 50.3. The Labute approximate surface area is 139 Å². The Morgan fingerprint density at radius 1 is 1.24 bits per heavy atom. The van der Waals surface area contributed by atoms with Crippen LogP contribution in [0.3, 0.4) is 0 Å². The second kappa shape index (κ2) is 5.91. The molecular formula is C16H14F3N3O3. The fraction of sp³-hybridized carbons (Fsp3) is 0.312. The summed E-state index contributed by atoms with van der Waals surface area (Å²) in [4.78, 5) is 12.5. The van der Waals surface area contributed by atoms with Crippen LogP contribution in [0, 0.1) is 13.8 Å². The van der Waals surface area contributed by atoms with E-state index in [2.05, 4.69) is 10.3 Å². The smallest absolute Gasteiger partial charge is 0.419 e. The van der Waals surface area contributed by atoms with Crippen molar-refractivity contribution < 1.29 is 22.4 Å². The van der Waals surface area contributed by atoms with Gasteiger partial charge in [-0.05, 0) is 31.5 Å². The van der Waals surface area contributed by atoms with E-state index in [0.717, 1.165) is 10.7 Å². The highest BCUT2D eigenvalue weighted by Crippen LogP contribution is 2.36. The Bertz CT molecular complexity index is 1010. The lowest BCUT2D eigenvalue weighted by Crippen LogP contribution is -2.24. The van der Waals surface area contributed by atoms with E-state index in [0.29, 0.717) is 11.4 Å². The monoisotopic (exact) mass is 353 g/mol. The highest BCUT2D eigenvalue weighted by Gasteiger charge is 2.34. The number of hydrogen-bond donors (Lipinski definition) is 0. The first-order valence-corrected chi connectivity index (χ1v) is 7.30. The summed E-state index contributed by atoms with van der Waals surface area (Å²) in [5.74, 6) is -0.280. The molecule has 0 atom stereocenters. The third-order valence-corrected chi connectivity index (χ3v) is 3.81. The van der Waals surface area contributed by atoms with Gasteiger partial charge in [0, 0.05) is 0 Å². The standard InChI is InChI=1S/C16H14F3N3O3/c1-8-13-14(25-21-8)9(2)20-22(15(13)23)7-10-4-5-12(24-3)11(6-10)16(17,18)19/h4-6H,7H2,1-3H3. The van der Waals surface area contributed by atoms with E-state index in [1.807, 2.05) is 0 Å². The van der Waals surface area contributed by atoms with Gasteiger partial charge in [-0.1, -0.05) is 11.2 Å². The average molecular weight is 353 g/mol. The van der Waals surface area contributed by atoms with Gasteiger partial charge in [-0.2, -0.15) is 18.3 Å². The molecule has 0 aliphatic heterocycles. The van der Waals surface area contributed by atoms with Crippen molar-refractivity contribution in [2.75, 3.05) is 7.11 Å². The van der Waals surface area contributed by atoms with E-state index < -0.39 is 17.3 Å². The van der Waals surface area contributed by atoms with Gasteiger partial charge in [0.2, 0.25) is 0 Å². The molecule has 25 heavy (non-hydrogen) atoms. The largest absolute Gasteiger partial charge is 0.496 e. The molecule has 6 nitrogen and oxygen atoms in total. The van der Waals surface area contributed by atoms with Crippen LogP contribution in [-0.4, -0.2) is 22.0 Å². The van der Waals surface area contributed by atoms with E-state index >= 15 is 0 Å². The number of rotatable bonds is 3. The molecular weight excluding hydrogens is 339 g/mol. The van der Waals surface area contributed by atoms with Gasteiger partial charge in [0.15, 0.2) is 5.58 Å². The molecule has 0 saturated heterocycles. The molecule has 1 aromatic carbocycles. The maximum absolute atomic E-state index is 13.1. The second-order valence-electron chi connectivity index (χ2n) is 5.55. The lowest BCUT2D eigenvalue weighted by atomic mass is 10.1. The first-order chi connectivity index (χ1) is 11.7. The minimum atomic E-state index is -4.56. The van der Waals surface area contributed by atoms with Gasteiger partial charge >= 0.3 is 6.18 Å². The number of nitrogens with zero attached hydrogens (tertiary/aromatic N) is 3. The van der Waals surface area contributed by atoms with Crippen LogP contribution in [0.5, 0.6) is 5.75 Å². The van der Waals surface area contributed by atoms with Gasteiger partial charge in [-0.25, -0.2) is 4.68 Å². The number of fused-ring (bicyclic) bond motifs is 1. The third-order valence-electron chi connectivity index (χ3n) is 3.81. The van der Waals surface area contributed by atoms with Gasteiger partial charge < -0.3 is 9.26 Å². The number of alkyl halides is 3. The number of hydrogen-bond acceptors (Lipinski definition) is 5. The molecule has 0 N–H and O–H groups in total. The predicted molar refractivity (Wildman–Crippen MR) is 82.6 cm³/mol. The molecule has 0 radical (unpaired) electrons. The number of methoxy groups -OCH3 is 1. The fourth-order valence-corrected chi connectivity index (χ4v) is 2.62. The minimum Gasteiger partial charge on any atom is -0.496 e. The molecule has 0 bridgehead atoms. The van der Waals surface area contributed by atoms with Crippen LogP contribution < -0.4 is 10.3 Å². The molecule has 9 heteroatoms.